The first-order valence-electron chi connectivity index (χ1n) is 7.38. The lowest BCUT2D eigenvalue weighted by Crippen LogP contribution is -2.23. The van der Waals surface area contributed by atoms with E-state index in [1.165, 1.54) is 6.20 Å². The van der Waals surface area contributed by atoms with E-state index in [0.717, 1.165) is 21.3 Å². The van der Waals surface area contributed by atoms with Crippen LogP contribution in [-0.2, 0) is 6.54 Å². The third kappa shape index (κ3) is 3.49. The quantitative estimate of drug-likeness (QED) is 0.702. The van der Waals surface area contributed by atoms with Gasteiger partial charge in [0.15, 0.2) is 0 Å². The molecule has 0 saturated heterocycles. The van der Waals surface area contributed by atoms with Crippen molar-refractivity contribution in [2.24, 2.45) is 0 Å². The van der Waals surface area contributed by atoms with Gasteiger partial charge < -0.3 is 10.1 Å². The van der Waals surface area contributed by atoms with E-state index in [-0.39, 0.29) is 5.91 Å². The zero-order valence-electron chi connectivity index (χ0n) is 13.0. The molecule has 2 aromatic carbocycles. The molecule has 6 heteroatoms. The van der Waals surface area contributed by atoms with Gasteiger partial charge in [-0.1, -0.05) is 46.3 Å². The molecule has 0 bridgehead atoms. The summed E-state index contributed by atoms with van der Waals surface area (Å²) >= 11 is 3.44. The highest BCUT2D eigenvalue weighted by atomic mass is 79.9. The standard InChI is InChI=1S/C18H16BrN3O2/c1-24-16-8-3-2-5-13(16)10-20-18(23)15-11-21-22-17(15)12-6-4-7-14(19)9-12/h2-9,11H,10H2,1H3,(H,20,23)(H,21,22). The Bertz CT molecular complexity index is 861. The van der Waals surface area contributed by atoms with Gasteiger partial charge in [-0.25, -0.2) is 0 Å². The van der Waals surface area contributed by atoms with Gasteiger partial charge in [-0.15, -0.1) is 0 Å². The maximum absolute atomic E-state index is 12.5. The van der Waals surface area contributed by atoms with Crippen molar-refractivity contribution in [3.63, 3.8) is 0 Å². The van der Waals surface area contributed by atoms with Crippen LogP contribution in [0.4, 0.5) is 0 Å². The van der Waals surface area contributed by atoms with Crippen molar-refractivity contribution in [3.05, 3.63) is 70.3 Å². The number of aromatic amines is 1. The first kappa shape index (κ1) is 16.3. The number of carbonyl (C=O) groups is 1. The fourth-order valence-corrected chi connectivity index (χ4v) is 2.84. The Morgan fingerprint density at radius 3 is 2.88 bits per heavy atom. The molecule has 3 aromatic rings. The summed E-state index contributed by atoms with van der Waals surface area (Å²) in [5.41, 5.74) is 3.00. The Balaban J connectivity index is 1.78. The maximum Gasteiger partial charge on any atom is 0.255 e. The molecule has 0 saturated carbocycles. The van der Waals surface area contributed by atoms with E-state index in [9.17, 15) is 4.79 Å². The second kappa shape index (κ2) is 7.31. The lowest BCUT2D eigenvalue weighted by Gasteiger charge is -2.10. The SMILES string of the molecule is COc1ccccc1CNC(=O)c1cn[nH]c1-c1cccc(Br)c1. The molecular formula is C18H16BrN3O2. The van der Waals surface area contributed by atoms with Crippen molar-refractivity contribution >= 4 is 21.8 Å². The number of nitrogens with zero attached hydrogens (tertiary/aromatic N) is 1. The van der Waals surface area contributed by atoms with E-state index in [2.05, 4.69) is 31.4 Å². The van der Waals surface area contributed by atoms with E-state index >= 15 is 0 Å². The third-order valence-corrected chi connectivity index (χ3v) is 4.12. The fourth-order valence-electron chi connectivity index (χ4n) is 2.44. The molecule has 0 radical (unpaired) electrons. The van der Waals surface area contributed by atoms with Crippen LogP contribution in [-0.4, -0.2) is 23.2 Å². The second-order valence-corrected chi connectivity index (χ2v) is 6.08. The molecular weight excluding hydrogens is 370 g/mol. The molecule has 0 unspecified atom stereocenters. The molecule has 1 heterocycles. The smallest absolute Gasteiger partial charge is 0.255 e. The molecule has 0 aliphatic rings. The third-order valence-electron chi connectivity index (χ3n) is 3.63. The minimum Gasteiger partial charge on any atom is -0.496 e. The Morgan fingerprint density at radius 2 is 2.08 bits per heavy atom. The minimum atomic E-state index is -0.190. The van der Waals surface area contributed by atoms with Gasteiger partial charge in [-0.3, -0.25) is 9.89 Å². The molecule has 24 heavy (non-hydrogen) atoms. The van der Waals surface area contributed by atoms with Crippen LogP contribution < -0.4 is 10.1 Å². The van der Waals surface area contributed by atoms with Gasteiger partial charge in [0, 0.05) is 22.1 Å². The van der Waals surface area contributed by atoms with Gasteiger partial charge in [0.05, 0.1) is 24.6 Å². The lowest BCUT2D eigenvalue weighted by molar-refractivity contribution is 0.0951. The summed E-state index contributed by atoms with van der Waals surface area (Å²) in [5.74, 6) is 0.557. The maximum atomic E-state index is 12.5. The largest absolute Gasteiger partial charge is 0.496 e. The molecule has 1 aromatic heterocycles. The highest BCUT2D eigenvalue weighted by Gasteiger charge is 2.15. The van der Waals surface area contributed by atoms with Crippen LogP contribution in [0.25, 0.3) is 11.3 Å². The van der Waals surface area contributed by atoms with Gasteiger partial charge in [-0.05, 0) is 18.2 Å². The second-order valence-electron chi connectivity index (χ2n) is 5.16. The van der Waals surface area contributed by atoms with Crippen LogP contribution in [0.1, 0.15) is 15.9 Å². The topological polar surface area (TPSA) is 67.0 Å². The van der Waals surface area contributed by atoms with Gasteiger partial charge in [0.1, 0.15) is 5.75 Å². The minimum absolute atomic E-state index is 0.190. The Morgan fingerprint density at radius 1 is 1.25 bits per heavy atom. The van der Waals surface area contributed by atoms with Gasteiger partial charge >= 0.3 is 0 Å². The van der Waals surface area contributed by atoms with Crippen LogP contribution in [0.15, 0.2) is 59.2 Å². The van der Waals surface area contributed by atoms with Gasteiger partial charge in [0.25, 0.3) is 5.91 Å². The number of para-hydroxylation sites is 1. The van der Waals surface area contributed by atoms with Crippen molar-refractivity contribution in [1.29, 1.82) is 0 Å². The Hall–Kier alpha value is -2.60. The molecule has 1 amide bonds. The zero-order chi connectivity index (χ0) is 16.9. The normalized spacial score (nSPS) is 10.4. The molecule has 0 atom stereocenters. The highest BCUT2D eigenvalue weighted by molar-refractivity contribution is 9.10. The molecule has 122 valence electrons. The first-order valence-corrected chi connectivity index (χ1v) is 8.17. The van der Waals surface area contributed by atoms with Crippen molar-refractivity contribution < 1.29 is 9.53 Å². The van der Waals surface area contributed by atoms with Crippen molar-refractivity contribution in [2.45, 2.75) is 6.54 Å². The van der Waals surface area contributed by atoms with E-state index < -0.39 is 0 Å². The summed E-state index contributed by atoms with van der Waals surface area (Å²) in [4.78, 5) is 12.5. The molecule has 0 aliphatic heterocycles. The van der Waals surface area contributed by atoms with Crippen LogP contribution >= 0.6 is 15.9 Å². The number of ether oxygens (including phenoxy) is 1. The summed E-state index contributed by atoms with van der Waals surface area (Å²) in [5, 5.41) is 9.82. The number of methoxy groups -OCH3 is 1. The summed E-state index contributed by atoms with van der Waals surface area (Å²) in [6, 6.07) is 15.3. The molecule has 2 N–H and O–H groups in total. The summed E-state index contributed by atoms with van der Waals surface area (Å²) in [6.07, 6.45) is 1.54. The number of nitrogens with one attached hydrogen (secondary N) is 2. The van der Waals surface area contributed by atoms with E-state index in [1.54, 1.807) is 7.11 Å². The lowest BCUT2D eigenvalue weighted by atomic mass is 10.1. The van der Waals surface area contributed by atoms with E-state index in [1.807, 2.05) is 48.5 Å². The van der Waals surface area contributed by atoms with Crippen LogP contribution in [0, 0.1) is 0 Å². The average Bonchev–Trinajstić information content (AvgIpc) is 3.09. The number of amides is 1. The molecule has 0 fully saturated rings. The summed E-state index contributed by atoms with van der Waals surface area (Å²) in [6.45, 7) is 0.381. The molecule has 5 nitrogen and oxygen atoms in total. The Labute approximate surface area is 148 Å². The van der Waals surface area contributed by atoms with Crippen LogP contribution in [0.2, 0.25) is 0 Å². The number of benzene rings is 2. The predicted molar refractivity (Wildman–Crippen MR) is 95.9 cm³/mol. The number of H-pyrrole nitrogens is 1. The van der Waals surface area contributed by atoms with E-state index in [4.69, 9.17) is 4.74 Å². The van der Waals surface area contributed by atoms with E-state index in [0.29, 0.717) is 17.8 Å². The number of aromatic nitrogens is 2. The zero-order valence-corrected chi connectivity index (χ0v) is 14.6. The number of hydrogen-bond acceptors (Lipinski definition) is 3. The number of carbonyl (C=O) groups excluding carboxylic acids is 1. The van der Waals surface area contributed by atoms with Crippen LogP contribution in [0.5, 0.6) is 5.75 Å². The van der Waals surface area contributed by atoms with Crippen molar-refractivity contribution in [2.75, 3.05) is 7.11 Å². The summed E-state index contributed by atoms with van der Waals surface area (Å²) in [7, 11) is 1.61. The number of hydrogen-bond donors (Lipinski definition) is 2. The van der Waals surface area contributed by atoms with Gasteiger partial charge in [-0.2, -0.15) is 5.10 Å². The summed E-state index contributed by atoms with van der Waals surface area (Å²) < 4.78 is 6.24. The molecule has 0 spiro atoms. The molecule has 3 rings (SSSR count). The number of rotatable bonds is 5. The van der Waals surface area contributed by atoms with Crippen molar-refractivity contribution in [1.82, 2.24) is 15.5 Å². The number of halogens is 1. The fraction of sp³-hybridized carbons (Fsp3) is 0.111. The van der Waals surface area contributed by atoms with Crippen molar-refractivity contribution in [3.8, 4) is 17.0 Å². The Kier molecular flexibility index (Phi) is 4.96. The monoisotopic (exact) mass is 385 g/mol. The van der Waals surface area contributed by atoms with Gasteiger partial charge in [0.2, 0.25) is 0 Å². The predicted octanol–water partition coefficient (Wildman–Crippen LogP) is 3.78. The molecule has 0 aliphatic carbocycles. The first-order chi connectivity index (χ1) is 11.7. The van der Waals surface area contributed by atoms with Crippen LogP contribution in [0.3, 0.4) is 0 Å². The highest BCUT2D eigenvalue weighted by Crippen LogP contribution is 2.24. The average molecular weight is 386 g/mol.